The first kappa shape index (κ1) is 27.1. The van der Waals surface area contributed by atoms with Crippen molar-refractivity contribution in [3.63, 3.8) is 0 Å². The number of nitrogens with one attached hydrogen (secondary N) is 1. The summed E-state index contributed by atoms with van der Waals surface area (Å²) in [5.74, 6) is -0.906. The van der Waals surface area contributed by atoms with Crippen LogP contribution in [0.25, 0.3) is 0 Å². The smallest absolute Gasteiger partial charge is 0.414 e. The van der Waals surface area contributed by atoms with Crippen molar-refractivity contribution in [3.05, 3.63) is 28.2 Å². The van der Waals surface area contributed by atoms with Crippen molar-refractivity contribution < 1.29 is 32.3 Å². The number of imide groups is 1. The van der Waals surface area contributed by atoms with Crippen LogP contribution in [0.2, 0.25) is 0 Å². The molecule has 1 aromatic carbocycles. The van der Waals surface area contributed by atoms with Gasteiger partial charge < -0.3 is 14.4 Å². The zero-order valence-corrected chi connectivity index (χ0v) is 22.0. The number of carbonyl (C=O) groups is 3. The van der Waals surface area contributed by atoms with Crippen molar-refractivity contribution in [2.75, 3.05) is 26.2 Å². The molecule has 1 saturated heterocycles. The van der Waals surface area contributed by atoms with Crippen LogP contribution < -0.4 is 5.32 Å². The van der Waals surface area contributed by atoms with E-state index in [0.717, 1.165) is 0 Å². The highest BCUT2D eigenvalue weighted by molar-refractivity contribution is 9.10. The lowest BCUT2D eigenvalue weighted by Gasteiger charge is -2.35. The van der Waals surface area contributed by atoms with E-state index in [2.05, 4.69) is 21.2 Å². The quantitative estimate of drug-likeness (QED) is 0.615. The maximum Gasteiger partial charge on any atom is 0.414 e. The second-order valence-corrected chi connectivity index (χ2v) is 12.3. The normalized spacial score (nSPS) is 15.7. The van der Waals surface area contributed by atoms with Gasteiger partial charge in [0.25, 0.3) is 5.91 Å². The monoisotopic (exact) mass is 547 g/mol. The average molecular weight is 548 g/mol. The van der Waals surface area contributed by atoms with Crippen LogP contribution in [-0.2, 0) is 19.5 Å². The van der Waals surface area contributed by atoms with E-state index in [1.54, 1.807) is 41.5 Å². The van der Waals surface area contributed by atoms with Crippen LogP contribution in [-0.4, -0.2) is 73.1 Å². The van der Waals surface area contributed by atoms with E-state index in [1.807, 2.05) is 0 Å². The summed E-state index contributed by atoms with van der Waals surface area (Å²) in [5.41, 5.74) is -1.69. The molecule has 1 heterocycles. The zero-order chi connectivity index (χ0) is 25.2. The SMILES string of the molecule is CC(C)(C)OC(=O)NC(=O)c1cc(Br)ccc1S(=O)(=O)N1CCN(C(=O)OC(C)(C)C)CC1. The van der Waals surface area contributed by atoms with Gasteiger partial charge in [-0.15, -0.1) is 0 Å². The number of rotatable bonds is 3. The van der Waals surface area contributed by atoms with Gasteiger partial charge in [0.05, 0.1) is 10.5 Å². The summed E-state index contributed by atoms with van der Waals surface area (Å²) in [6.07, 6.45) is -1.50. The van der Waals surface area contributed by atoms with Crippen molar-refractivity contribution in [1.29, 1.82) is 0 Å². The Morgan fingerprint density at radius 2 is 1.48 bits per heavy atom. The van der Waals surface area contributed by atoms with E-state index in [-0.39, 0.29) is 36.6 Å². The Bertz CT molecular complexity index is 1020. The maximum atomic E-state index is 13.3. The van der Waals surface area contributed by atoms with Crippen LogP contribution in [0.5, 0.6) is 0 Å². The lowest BCUT2D eigenvalue weighted by molar-refractivity contribution is 0.0192. The van der Waals surface area contributed by atoms with Crippen molar-refractivity contribution in [2.45, 2.75) is 57.6 Å². The zero-order valence-electron chi connectivity index (χ0n) is 19.6. The molecule has 1 fully saturated rings. The number of amides is 3. The number of hydrogen-bond acceptors (Lipinski definition) is 7. The van der Waals surface area contributed by atoms with E-state index in [1.165, 1.54) is 27.4 Å². The Labute approximate surface area is 202 Å². The molecule has 33 heavy (non-hydrogen) atoms. The fourth-order valence-electron chi connectivity index (χ4n) is 2.94. The number of hydrogen-bond donors (Lipinski definition) is 1. The van der Waals surface area contributed by atoms with Crippen molar-refractivity contribution >= 4 is 44.0 Å². The van der Waals surface area contributed by atoms with E-state index in [0.29, 0.717) is 4.47 Å². The molecule has 0 spiro atoms. The highest BCUT2D eigenvalue weighted by Gasteiger charge is 2.34. The number of halogens is 1. The van der Waals surface area contributed by atoms with Gasteiger partial charge in [-0.25, -0.2) is 18.0 Å². The first-order valence-electron chi connectivity index (χ1n) is 10.3. The Balaban J connectivity index is 2.20. The fraction of sp³-hybridized carbons (Fsp3) is 0.571. The summed E-state index contributed by atoms with van der Waals surface area (Å²) < 4.78 is 38.7. The molecule has 3 amide bonds. The third-order valence-electron chi connectivity index (χ3n) is 4.31. The standard InChI is InChI=1S/C21H30BrN3O7S/c1-20(2,3)31-18(27)23-17(26)15-13-14(22)7-8-16(15)33(29,30)25-11-9-24(10-12-25)19(28)32-21(4,5)6/h7-8,13H,9-12H2,1-6H3,(H,23,26,27). The molecule has 12 heteroatoms. The highest BCUT2D eigenvalue weighted by atomic mass is 79.9. The second-order valence-electron chi connectivity index (χ2n) is 9.47. The number of ether oxygens (including phenoxy) is 2. The molecule has 1 aliphatic heterocycles. The summed E-state index contributed by atoms with van der Waals surface area (Å²) in [7, 11) is -4.09. The molecule has 1 N–H and O–H groups in total. The minimum absolute atomic E-state index is 0.0325. The number of piperazine rings is 1. The molecule has 0 unspecified atom stereocenters. The Hall–Kier alpha value is -2.18. The molecule has 0 radical (unpaired) electrons. The van der Waals surface area contributed by atoms with Gasteiger partial charge in [-0.3, -0.25) is 10.1 Å². The van der Waals surface area contributed by atoms with E-state index < -0.39 is 39.3 Å². The van der Waals surface area contributed by atoms with Crippen LogP contribution in [0.1, 0.15) is 51.9 Å². The minimum Gasteiger partial charge on any atom is -0.444 e. The topological polar surface area (TPSA) is 122 Å². The molecule has 184 valence electrons. The second kappa shape index (κ2) is 9.98. The van der Waals surface area contributed by atoms with Gasteiger partial charge in [0, 0.05) is 30.7 Å². The van der Waals surface area contributed by atoms with Crippen LogP contribution in [0, 0.1) is 0 Å². The summed E-state index contributed by atoms with van der Waals surface area (Å²) >= 11 is 3.23. The predicted molar refractivity (Wildman–Crippen MR) is 124 cm³/mol. The third kappa shape index (κ3) is 7.68. The van der Waals surface area contributed by atoms with Crippen molar-refractivity contribution in [2.24, 2.45) is 0 Å². The Morgan fingerprint density at radius 3 is 2.00 bits per heavy atom. The molecular formula is C21H30BrN3O7S. The van der Waals surface area contributed by atoms with Crippen LogP contribution >= 0.6 is 15.9 Å². The predicted octanol–water partition coefficient (Wildman–Crippen LogP) is 3.36. The summed E-state index contributed by atoms with van der Waals surface area (Å²) in [5, 5.41) is 2.07. The lowest BCUT2D eigenvalue weighted by atomic mass is 10.2. The summed E-state index contributed by atoms with van der Waals surface area (Å²) in [6.45, 7) is 10.5. The molecule has 0 aliphatic carbocycles. The molecule has 0 saturated carbocycles. The highest BCUT2D eigenvalue weighted by Crippen LogP contribution is 2.25. The molecule has 0 atom stereocenters. The number of sulfonamides is 1. The Morgan fingerprint density at radius 1 is 0.939 bits per heavy atom. The van der Waals surface area contributed by atoms with Crippen molar-refractivity contribution in [3.8, 4) is 0 Å². The number of alkyl carbamates (subject to hydrolysis) is 1. The fourth-order valence-corrected chi connectivity index (χ4v) is 4.90. The van der Waals surface area contributed by atoms with Crippen molar-refractivity contribution in [1.82, 2.24) is 14.5 Å². The summed E-state index contributed by atoms with van der Waals surface area (Å²) in [6, 6.07) is 4.11. The van der Waals surface area contributed by atoms with E-state index in [4.69, 9.17) is 9.47 Å². The number of carbonyl (C=O) groups excluding carboxylic acids is 3. The largest absolute Gasteiger partial charge is 0.444 e. The van der Waals surface area contributed by atoms with Gasteiger partial charge in [0.2, 0.25) is 10.0 Å². The van der Waals surface area contributed by atoms with Gasteiger partial charge in [-0.2, -0.15) is 4.31 Å². The van der Waals surface area contributed by atoms with Gasteiger partial charge >= 0.3 is 12.2 Å². The van der Waals surface area contributed by atoms with Crippen LogP contribution in [0.4, 0.5) is 9.59 Å². The van der Waals surface area contributed by atoms with Crippen LogP contribution in [0.3, 0.4) is 0 Å². The third-order valence-corrected chi connectivity index (χ3v) is 6.76. The first-order chi connectivity index (χ1) is 15.0. The summed E-state index contributed by atoms with van der Waals surface area (Å²) in [4.78, 5) is 38.2. The minimum atomic E-state index is -4.09. The van der Waals surface area contributed by atoms with Crippen LogP contribution in [0.15, 0.2) is 27.6 Å². The molecule has 10 nitrogen and oxygen atoms in total. The van der Waals surface area contributed by atoms with Gasteiger partial charge in [-0.1, -0.05) is 15.9 Å². The van der Waals surface area contributed by atoms with E-state index in [9.17, 15) is 22.8 Å². The van der Waals surface area contributed by atoms with Gasteiger partial charge in [0.15, 0.2) is 0 Å². The average Bonchev–Trinajstić information content (AvgIpc) is 2.64. The molecule has 1 aromatic rings. The molecular weight excluding hydrogens is 518 g/mol. The molecule has 1 aliphatic rings. The first-order valence-corrected chi connectivity index (χ1v) is 12.5. The van der Waals surface area contributed by atoms with Gasteiger partial charge in [0.1, 0.15) is 11.2 Å². The number of benzene rings is 1. The molecule has 0 bridgehead atoms. The number of nitrogens with zero attached hydrogens (tertiary/aromatic N) is 2. The lowest BCUT2D eigenvalue weighted by Crippen LogP contribution is -2.51. The van der Waals surface area contributed by atoms with Gasteiger partial charge in [-0.05, 0) is 59.7 Å². The maximum absolute atomic E-state index is 13.3. The molecule has 0 aromatic heterocycles. The van der Waals surface area contributed by atoms with E-state index >= 15 is 0 Å². The Kier molecular flexibility index (Phi) is 8.19. The molecule has 2 rings (SSSR count).